The highest BCUT2D eigenvalue weighted by molar-refractivity contribution is 5.16. The van der Waals surface area contributed by atoms with E-state index in [0.29, 0.717) is 0 Å². The Kier molecular flexibility index (Phi) is 6.03. The Labute approximate surface area is 152 Å². The molecule has 1 aliphatic carbocycles. The van der Waals surface area contributed by atoms with Crippen molar-refractivity contribution in [3.8, 4) is 0 Å². The number of aliphatic hydroxyl groups excluding tert-OH is 2. The van der Waals surface area contributed by atoms with Crippen molar-refractivity contribution in [3.05, 3.63) is 71.8 Å². The summed E-state index contributed by atoms with van der Waals surface area (Å²) in [7, 11) is 0. The Balaban J connectivity index is 1.66. The maximum atomic E-state index is 11.0. The highest BCUT2D eigenvalue weighted by Crippen LogP contribution is 2.33. The van der Waals surface area contributed by atoms with Gasteiger partial charge in [-0.2, -0.15) is 0 Å². The zero-order valence-corrected chi connectivity index (χ0v) is 14.4. The number of hydrogen-bond donors (Lipinski definition) is 4. The highest BCUT2D eigenvalue weighted by Gasteiger charge is 2.59. The minimum Gasteiger partial charge on any atom is -0.389 e. The van der Waals surface area contributed by atoms with Gasteiger partial charge in [0.05, 0.1) is 25.9 Å². The summed E-state index contributed by atoms with van der Waals surface area (Å²) < 4.78 is 11.4. The Morgan fingerprint density at radius 2 is 1.38 bits per heavy atom. The predicted octanol–water partition coefficient (Wildman–Crippen LogP) is 0.582. The van der Waals surface area contributed by atoms with E-state index in [1.54, 1.807) is 0 Å². The van der Waals surface area contributed by atoms with Gasteiger partial charge in [-0.1, -0.05) is 60.7 Å². The van der Waals surface area contributed by atoms with E-state index in [1.165, 1.54) is 0 Å². The van der Waals surface area contributed by atoms with Gasteiger partial charge in [-0.05, 0) is 11.1 Å². The van der Waals surface area contributed by atoms with Gasteiger partial charge in [0.2, 0.25) is 0 Å². The fraction of sp³-hybridized carbons (Fsp3) is 0.400. The first-order valence-corrected chi connectivity index (χ1v) is 8.63. The lowest BCUT2D eigenvalue weighted by Crippen LogP contribution is -2.57. The van der Waals surface area contributed by atoms with Gasteiger partial charge in [-0.15, -0.1) is 0 Å². The average molecular weight is 359 g/mol. The van der Waals surface area contributed by atoms with E-state index < -0.39 is 30.0 Å². The lowest BCUT2D eigenvalue weighted by atomic mass is 9.96. The molecule has 6 heteroatoms. The van der Waals surface area contributed by atoms with Crippen LogP contribution in [0.2, 0.25) is 0 Å². The van der Waals surface area contributed by atoms with Crippen LogP contribution < -0.4 is 5.73 Å². The van der Waals surface area contributed by atoms with Crippen molar-refractivity contribution in [2.75, 3.05) is 6.61 Å². The summed E-state index contributed by atoms with van der Waals surface area (Å²) >= 11 is 0. The number of rotatable bonds is 7. The first-order valence-electron chi connectivity index (χ1n) is 8.63. The van der Waals surface area contributed by atoms with Gasteiger partial charge in [0, 0.05) is 0 Å². The number of ether oxygens (including phenoxy) is 2. The average Bonchev–Trinajstić information content (AvgIpc) is 2.83. The van der Waals surface area contributed by atoms with E-state index >= 15 is 0 Å². The number of aliphatic hydroxyl groups is 3. The van der Waals surface area contributed by atoms with Crippen LogP contribution in [-0.2, 0) is 22.7 Å². The Bertz CT molecular complexity index is 683. The molecule has 0 saturated heterocycles. The molecule has 1 saturated carbocycles. The summed E-state index contributed by atoms with van der Waals surface area (Å²) in [5.74, 6) is 0. The second-order valence-corrected chi connectivity index (χ2v) is 6.69. The molecule has 2 aromatic rings. The number of benzene rings is 2. The normalized spacial score (nSPS) is 31.2. The maximum Gasteiger partial charge on any atom is 0.134 e. The van der Waals surface area contributed by atoms with E-state index in [4.69, 9.17) is 15.2 Å². The van der Waals surface area contributed by atoms with Gasteiger partial charge in [0.1, 0.15) is 23.9 Å². The summed E-state index contributed by atoms with van der Waals surface area (Å²) in [6.45, 7) is 0.313. The van der Waals surface area contributed by atoms with Crippen molar-refractivity contribution in [1.82, 2.24) is 0 Å². The number of nitrogens with two attached hydrogens (primary N) is 1. The van der Waals surface area contributed by atoms with Gasteiger partial charge in [0.25, 0.3) is 0 Å². The SMILES string of the molecule is N[C@@H]1[C@H](O)[C@@H](O)[C@@H](OCc2ccccc2)[C@]1(O)COCc1ccccc1. The van der Waals surface area contributed by atoms with Crippen LogP contribution in [0.5, 0.6) is 0 Å². The second kappa shape index (κ2) is 8.26. The fourth-order valence-corrected chi connectivity index (χ4v) is 3.26. The predicted molar refractivity (Wildman–Crippen MR) is 96.1 cm³/mol. The van der Waals surface area contributed by atoms with Crippen LogP contribution in [0, 0.1) is 0 Å². The molecule has 0 unspecified atom stereocenters. The number of hydrogen-bond acceptors (Lipinski definition) is 6. The van der Waals surface area contributed by atoms with Crippen molar-refractivity contribution >= 4 is 0 Å². The maximum absolute atomic E-state index is 11.0. The van der Waals surface area contributed by atoms with Crippen LogP contribution in [0.1, 0.15) is 11.1 Å². The molecule has 0 spiro atoms. The molecular weight excluding hydrogens is 334 g/mol. The molecule has 0 radical (unpaired) electrons. The molecule has 5 N–H and O–H groups in total. The van der Waals surface area contributed by atoms with Crippen molar-refractivity contribution in [2.45, 2.75) is 43.2 Å². The van der Waals surface area contributed by atoms with Crippen molar-refractivity contribution in [2.24, 2.45) is 5.73 Å². The highest BCUT2D eigenvalue weighted by atomic mass is 16.5. The molecule has 2 aromatic carbocycles. The molecular formula is C20H25NO5. The third-order valence-corrected chi connectivity index (χ3v) is 4.82. The minimum absolute atomic E-state index is 0.156. The van der Waals surface area contributed by atoms with E-state index in [1.807, 2.05) is 60.7 Å². The van der Waals surface area contributed by atoms with Gasteiger partial charge < -0.3 is 30.5 Å². The quantitative estimate of drug-likeness (QED) is 0.576. The van der Waals surface area contributed by atoms with Crippen molar-refractivity contribution in [3.63, 3.8) is 0 Å². The summed E-state index contributed by atoms with van der Waals surface area (Å²) in [6, 6.07) is 17.8. The molecule has 0 amide bonds. The molecule has 0 bridgehead atoms. The lowest BCUT2D eigenvalue weighted by molar-refractivity contribution is -0.160. The molecule has 3 rings (SSSR count). The Hall–Kier alpha value is -1.80. The second-order valence-electron chi connectivity index (χ2n) is 6.69. The third kappa shape index (κ3) is 3.96. The van der Waals surface area contributed by atoms with Crippen LogP contribution in [0.25, 0.3) is 0 Å². The molecule has 140 valence electrons. The standard InChI is InChI=1S/C20H25NO5/c21-18-16(22)17(23)19(26-12-15-9-5-2-6-10-15)20(18,24)13-25-11-14-7-3-1-4-8-14/h1-10,16-19,22-24H,11-13,21H2/t16-,17-,18-,19-,20+/m1/s1. The minimum atomic E-state index is -1.69. The summed E-state index contributed by atoms with van der Waals surface area (Å²) in [6.07, 6.45) is -3.64. The third-order valence-electron chi connectivity index (χ3n) is 4.82. The Morgan fingerprint density at radius 1 is 0.846 bits per heavy atom. The van der Waals surface area contributed by atoms with Crippen molar-refractivity contribution in [1.29, 1.82) is 0 Å². The molecule has 0 aliphatic heterocycles. The lowest BCUT2D eigenvalue weighted by Gasteiger charge is -2.33. The first-order chi connectivity index (χ1) is 12.5. The summed E-state index contributed by atoms with van der Waals surface area (Å²) in [4.78, 5) is 0. The van der Waals surface area contributed by atoms with Crippen LogP contribution in [0.3, 0.4) is 0 Å². The molecule has 0 heterocycles. The van der Waals surface area contributed by atoms with Crippen LogP contribution in [-0.4, -0.2) is 51.9 Å². The smallest absolute Gasteiger partial charge is 0.134 e. The molecule has 26 heavy (non-hydrogen) atoms. The Morgan fingerprint density at radius 3 is 1.96 bits per heavy atom. The van der Waals surface area contributed by atoms with Crippen LogP contribution >= 0.6 is 0 Å². The molecule has 0 aromatic heterocycles. The topological polar surface area (TPSA) is 105 Å². The van der Waals surface area contributed by atoms with E-state index in [0.717, 1.165) is 11.1 Å². The van der Waals surface area contributed by atoms with Gasteiger partial charge in [-0.25, -0.2) is 0 Å². The van der Waals surface area contributed by atoms with E-state index in [-0.39, 0.29) is 19.8 Å². The van der Waals surface area contributed by atoms with E-state index in [2.05, 4.69) is 0 Å². The molecule has 1 fully saturated rings. The summed E-state index contributed by atoms with van der Waals surface area (Å²) in [5.41, 5.74) is 6.11. The van der Waals surface area contributed by atoms with Gasteiger partial charge >= 0.3 is 0 Å². The van der Waals surface area contributed by atoms with Crippen molar-refractivity contribution < 1.29 is 24.8 Å². The van der Waals surface area contributed by atoms with E-state index in [9.17, 15) is 15.3 Å². The zero-order chi connectivity index (χ0) is 18.6. The van der Waals surface area contributed by atoms with Gasteiger partial charge in [0.15, 0.2) is 0 Å². The molecule has 6 nitrogen and oxygen atoms in total. The first kappa shape index (κ1) is 19.0. The molecule has 5 atom stereocenters. The summed E-state index contributed by atoms with van der Waals surface area (Å²) in [5, 5.41) is 31.4. The zero-order valence-electron chi connectivity index (χ0n) is 14.4. The van der Waals surface area contributed by atoms with Crippen LogP contribution in [0.4, 0.5) is 0 Å². The largest absolute Gasteiger partial charge is 0.389 e. The van der Waals surface area contributed by atoms with Gasteiger partial charge in [-0.3, -0.25) is 0 Å². The monoisotopic (exact) mass is 359 g/mol. The van der Waals surface area contributed by atoms with Crippen LogP contribution in [0.15, 0.2) is 60.7 Å². The molecule has 1 aliphatic rings. The fourth-order valence-electron chi connectivity index (χ4n) is 3.26.